The number of halogens is 2. The van der Waals surface area contributed by atoms with Crippen LogP contribution in [-0.4, -0.2) is 4.92 Å². The molecule has 2 aromatic carbocycles. The van der Waals surface area contributed by atoms with Crippen molar-refractivity contribution in [2.75, 3.05) is 0 Å². The highest BCUT2D eigenvalue weighted by Crippen LogP contribution is 2.28. The Morgan fingerprint density at radius 3 is 2.33 bits per heavy atom. The maximum atomic E-state index is 10.9. The van der Waals surface area contributed by atoms with E-state index in [0.29, 0.717) is 4.47 Å². The quantitative estimate of drug-likeness (QED) is 0.502. The summed E-state index contributed by atoms with van der Waals surface area (Å²) in [5.41, 5.74) is 2.97. The second-order valence-electron chi connectivity index (χ2n) is 4.70. The Balaban J connectivity index is 2.17. The molecule has 0 aliphatic rings. The third-order valence-electron chi connectivity index (χ3n) is 3.02. The molecule has 0 aromatic heterocycles. The Labute approximate surface area is 139 Å². The SMILES string of the molecule is Cc1cc(OCc2ccc(Br)c([N+](=O)[O-])c2)cc(C)c1Br. The molecule has 110 valence electrons. The lowest BCUT2D eigenvalue weighted by molar-refractivity contribution is -0.385. The van der Waals surface area contributed by atoms with Crippen molar-refractivity contribution in [3.8, 4) is 5.75 Å². The first-order chi connectivity index (χ1) is 9.88. The zero-order chi connectivity index (χ0) is 15.6. The Bertz CT molecular complexity index is 678. The summed E-state index contributed by atoms with van der Waals surface area (Å²) in [5.74, 6) is 0.749. The molecule has 0 aliphatic carbocycles. The van der Waals surface area contributed by atoms with E-state index in [2.05, 4.69) is 31.9 Å². The van der Waals surface area contributed by atoms with E-state index in [1.165, 1.54) is 6.07 Å². The molecule has 0 spiro atoms. The molecular formula is C15H13Br2NO3. The Morgan fingerprint density at radius 2 is 1.76 bits per heavy atom. The smallest absolute Gasteiger partial charge is 0.283 e. The molecule has 0 saturated heterocycles. The van der Waals surface area contributed by atoms with Gasteiger partial charge in [0.25, 0.3) is 5.69 Å². The van der Waals surface area contributed by atoms with Crippen LogP contribution in [0.15, 0.2) is 39.3 Å². The van der Waals surface area contributed by atoms with E-state index in [-0.39, 0.29) is 12.3 Å². The zero-order valence-electron chi connectivity index (χ0n) is 11.5. The van der Waals surface area contributed by atoms with Crippen LogP contribution in [0.1, 0.15) is 16.7 Å². The van der Waals surface area contributed by atoms with Gasteiger partial charge in [-0.15, -0.1) is 0 Å². The van der Waals surface area contributed by atoms with Crippen molar-refractivity contribution in [3.63, 3.8) is 0 Å². The lowest BCUT2D eigenvalue weighted by Gasteiger charge is -2.10. The molecule has 0 aliphatic heterocycles. The topological polar surface area (TPSA) is 52.4 Å². The standard InChI is InChI=1S/C15H13Br2NO3/c1-9-5-12(6-10(2)15(9)17)21-8-11-3-4-13(16)14(7-11)18(19)20/h3-7H,8H2,1-2H3. The number of aryl methyl sites for hydroxylation is 2. The van der Waals surface area contributed by atoms with Gasteiger partial charge < -0.3 is 4.74 Å². The van der Waals surface area contributed by atoms with E-state index >= 15 is 0 Å². The van der Waals surface area contributed by atoms with Gasteiger partial charge in [-0.25, -0.2) is 0 Å². The normalized spacial score (nSPS) is 10.5. The van der Waals surface area contributed by atoms with Crippen LogP contribution >= 0.6 is 31.9 Å². The summed E-state index contributed by atoms with van der Waals surface area (Å²) in [7, 11) is 0. The van der Waals surface area contributed by atoms with Gasteiger partial charge in [-0.1, -0.05) is 22.0 Å². The van der Waals surface area contributed by atoms with Gasteiger partial charge >= 0.3 is 0 Å². The van der Waals surface area contributed by atoms with Gasteiger partial charge in [0.05, 0.1) is 9.40 Å². The van der Waals surface area contributed by atoms with Crippen molar-refractivity contribution in [2.45, 2.75) is 20.5 Å². The third kappa shape index (κ3) is 3.83. The van der Waals surface area contributed by atoms with E-state index in [4.69, 9.17) is 4.74 Å². The van der Waals surface area contributed by atoms with Gasteiger partial charge in [-0.3, -0.25) is 10.1 Å². The van der Waals surface area contributed by atoms with Crippen LogP contribution in [-0.2, 0) is 6.61 Å². The number of benzene rings is 2. The van der Waals surface area contributed by atoms with E-state index < -0.39 is 4.92 Å². The predicted molar refractivity (Wildman–Crippen MR) is 88.7 cm³/mol. The second kappa shape index (κ2) is 6.58. The largest absolute Gasteiger partial charge is 0.489 e. The van der Waals surface area contributed by atoms with Crippen molar-refractivity contribution in [3.05, 3.63) is 66.1 Å². The highest BCUT2D eigenvalue weighted by molar-refractivity contribution is 9.11. The van der Waals surface area contributed by atoms with Gasteiger partial charge in [0.15, 0.2) is 0 Å². The van der Waals surface area contributed by atoms with Crippen LogP contribution in [0.25, 0.3) is 0 Å². The minimum atomic E-state index is -0.415. The lowest BCUT2D eigenvalue weighted by Crippen LogP contribution is -1.98. The van der Waals surface area contributed by atoms with Crippen LogP contribution in [0.5, 0.6) is 5.75 Å². The van der Waals surface area contributed by atoms with Crippen LogP contribution in [0.2, 0.25) is 0 Å². The monoisotopic (exact) mass is 413 g/mol. The maximum Gasteiger partial charge on any atom is 0.283 e. The van der Waals surface area contributed by atoms with Gasteiger partial charge in [-0.05, 0) is 64.7 Å². The fourth-order valence-corrected chi connectivity index (χ4v) is 2.56. The molecule has 0 atom stereocenters. The van der Waals surface area contributed by atoms with Crippen LogP contribution in [0.3, 0.4) is 0 Å². The summed E-state index contributed by atoms with van der Waals surface area (Å²) in [4.78, 5) is 10.5. The fraction of sp³-hybridized carbons (Fsp3) is 0.200. The highest BCUT2D eigenvalue weighted by Gasteiger charge is 2.12. The number of hydrogen-bond donors (Lipinski definition) is 0. The van der Waals surface area contributed by atoms with E-state index in [9.17, 15) is 10.1 Å². The average molecular weight is 415 g/mol. The van der Waals surface area contributed by atoms with Crippen molar-refractivity contribution in [2.24, 2.45) is 0 Å². The molecule has 0 saturated carbocycles. The number of nitrogens with zero attached hydrogens (tertiary/aromatic N) is 1. The van der Waals surface area contributed by atoms with E-state index in [1.807, 2.05) is 26.0 Å². The van der Waals surface area contributed by atoms with Crippen LogP contribution < -0.4 is 4.74 Å². The number of nitro benzene ring substituents is 1. The van der Waals surface area contributed by atoms with Gasteiger partial charge in [-0.2, -0.15) is 0 Å². The minimum absolute atomic E-state index is 0.0410. The molecular weight excluding hydrogens is 402 g/mol. The maximum absolute atomic E-state index is 10.9. The van der Waals surface area contributed by atoms with Crippen molar-refractivity contribution in [1.82, 2.24) is 0 Å². The summed E-state index contributed by atoms with van der Waals surface area (Å²) in [6, 6.07) is 8.85. The van der Waals surface area contributed by atoms with E-state index in [0.717, 1.165) is 26.9 Å². The van der Waals surface area contributed by atoms with Crippen molar-refractivity contribution >= 4 is 37.5 Å². The molecule has 0 N–H and O–H groups in total. The predicted octanol–water partition coefficient (Wildman–Crippen LogP) is 5.32. The summed E-state index contributed by atoms with van der Waals surface area (Å²) in [6.07, 6.45) is 0. The third-order valence-corrected chi connectivity index (χ3v) is 4.94. The molecule has 6 heteroatoms. The molecule has 0 bridgehead atoms. The Kier molecular flexibility index (Phi) is 5.00. The number of rotatable bonds is 4. The first-order valence-electron chi connectivity index (χ1n) is 6.21. The number of ether oxygens (including phenoxy) is 1. The van der Waals surface area contributed by atoms with Gasteiger partial charge in [0, 0.05) is 10.5 Å². The second-order valence-corrected chi connectivity index (χ2v) is 6.35. The average Bonchev–Trinajstić information content (AvgIpc) is 2.43. The molecule has 0 amide bonds. The molecule has 0 fully saturated rings. The molecule has 0 unspecified atom stereocenters. The van der Waals surface area contributed by atoms with Gasteiger partial charge in [0.1, 0.15) is 12.4 Å². The summed E-state index contributed by atoms with van der Waals surface area (Å²) < 4.78 is 7.25. The Hall–Kier alpha value is -1.40. The molecule has 0 heterocycles. The van der Waals surface area contributed by atoms with Crippen LogP contribution in [0.4, 0.5) is 5.69 Å². The highest BCUT2D eigenvalue weighted by atomic mass is 79.9. The molecule has 21 heavy (non-hydrogen) atoms. The lowest BCUT2D eigenvalue weighted by atomic mass is 10.1. The summed E-state index contributed by atoms with van der Waals surface area (Å²) in [6.45, 7) is 4.28. The molecule has 0 radical (unpaired) electrons. The van der Waals surface area contributed by atoms with E-state index in [1.54, 1.807) is 12.1 Å². The number of nitro groups is 1. The van der Waals surface area contributed by atoms with Crippen LogP contribution in [0, 0.1) is 24.0 Å². The summed E-state index contributed by atoms with van der Waals surface area (Å²) >= 11 is 6.67. The Morgan fingerprint density at radius 1 is 1.14 bits per heavy atom. The molecule has 2 rings (SSSR count). The summed E-state index contributed by atoms with van der Waals surface area (Å²) in [5, 5.41) is 10.9. The van der Waals surface area contributed by atoms with Crippen molar-refractivity contribution in [1.29, 1.82) is 0 Å². The molecule has 4 nitrogen and oxygen atoms in total. The van der Waals surface area contributed by atoms with Crippen molar-refractivity contribution < 1.29 is 9.66 Å². The first kappa shape index (κ1) is 16.0. The minimum Gasteiger partial charge on any atom is -0.489 e. The number of hydrogen-bond acceptors (Lipinski definition) is 3. The molecule has 2 aromatic rings. The zero-order valence-corrected chi connectivity index (χ0v) is 14.7. The first-order valence-corrected chi connectivity index (χ1v) is 7.79. The fourth-order valence-electron chi connectivity index (χ4n) is 1.94. The van der Waals surface area contributed by atoms with Gasteiger partial charge in [0.2, 0.25) is 0 Å².